The van der Waals surface area contributed by atoms with Crippen molar-refractivity contribution in [2.24, 2.45) is 5.92 Å². The van der Waals surface area contributed by atoms with Crippen molar-refractivity contribution in [2.45, 2.75) is 26.7 Å². The SMILES string of the molecule is Cc1ccc(N(CC(=O)N2CCCC(C)C2)S(C)(=O)=O)cc1Cl. The Balaban J connectivity index is 2.22. The molecule has 1 amide bonds. The summed E-state index contributed by atoms with van der Waals surface area (Å²) in [5.41, 5.74) is 1.28. The third-order valence-electron chi connectivity index (χ3n) is 4.13. The molecule has 128 valence electrons. The van der Waals surface area contributed by atoms with Crippen LogP contribution in [0.1, 0.15) is 25.3 Å². The minimum atomic E-state index is -3.57. The van der Waals surface area contributed by atoms with Crippen LogP contribution in [0.3, 0.4) is 0 Å². The van der Waals surface area contributed by atoms with Crippen LogP contribution in [0.5, 0.6) is 0 Å². The van der Waals surface area contributed by atoms with Gasteiger partial charge >= 0.3 is 0 Å². The van der Waals surface area contributed by atoms with E-state index in [0.717, 1.165) is 29.0 Å². The first-order chi connectivity index (χ1) is 10.7. The van der Waals surface area contributed by atoms with Crippen molar-refractivity contribution in [3.63, 3.8) is 0 Å². The predicted molar refractivity (Wildman–Crippen MR) is 93.4 cm³/mol. The lowest BCUT2D eigenvalue weighted by Crippen LogP contribution is -2.46. The number of rotatable bonds is 4. The molecule has 1 fully saturated rings. The van der Waals surface area contributed by atoms with Gasteiger partial charge in [0.05, 0.1) is 11.9 Å². The fourth-order valence-electron chi connectivity index (χ4n) is 2.78. The second-order valence-electron chi connectivity index (χ2n) is 6.29. The van der Waals surface area contributed by atoms with Crippen LogP contribution in [0.2, 0.25) is 5.02 Å². The molecule has 1 unspecified atom stereocenters. The van der Waals surface area contributed by atoms with Crippen molar-refractivity contribution in [3.8, 4) is 0 Å². The molecule has 1 aliphatic heterocycles. The van der Waals surface area contributed by atoms with Crippen LogP contribution in [0.15, 0.2) is 18.2 Å². The molecular formula is C16H23ClN2O3S. The lowest BCUT2D eigenvalue weighted by atomic mass is 10.0. The van der Waals surface area contributed by atoms with Crippen LogP contribution in [0.4, 0.5) is 5.69 Å². The summed E-state index contributed by atoms with van der Waals surface area (Å²) in [5, 5.41) is 0.482. The van der Waals surface area contributed by atoms with E-state index in [0.29, 0.717) is 29.7 Å². The molecule has 0 N–H and O–H groups in total. The van der Waals surface area contributed by atoms with Gasteiger partial charge in [0, 0.05) is 18.1 Å². The number of carbonyl (C=O) groups excluding carboxylic acids is 1. The number of carbonyl (C=O) groups is 1. The van der Waals surface area contributed by atoms with Crippen LogP contribution in [-0.4, -0.2) is 45.1 Å². The smallest absolute Gasteiger partial charge is 0.243 e. The zero-order chi connectivity index (χ0) is 17.2. The van der Waals surface area contributed by atoms with E-state index >= 15 is 0 Å². The summed E-state index contributed by atoms with van der Waals surface area (Å²) in [4.78, 5) is 14.3. The number of hydrogen-bond acceptors (Lipinski definition) is 3. The molecule has 1 aliphatic rings. The second-order valence-corrected chi connectivity index (χ2v) is 8.60. The van der Waals surface area contributed by atoms with E-state index in [9.17, 15) is 13.2 Å². The van der Waals surface area contributed by atoms with Gasteiger partial charge in [-0.2, -0.15) is 0 Å². The van der Waals surface area contributed by atoms with Gasteiger partial charge in [-0.15, -0.1) is 0 Å². The largest absolute Gasteiger partial charge is 0.341 e. The van der Waals surface area contributed by atoms with Crippen molar-refractivity contribution in [3.05, 3.63) is 28.8 Å². The highest BCUT2D eigenvalue weighted by molar-refractivity contribution is 7.92. The summed E-state index contributed by atoms with van der Waals surface area (Å²) in [6.07, 6.45) is 3.17. The molecule has 1 aromatic rings. The van der Waals surface area contributed by atoms with Gasteiger partial charge in [-0.1, -0.05) is 24.6 Å². The normalized spacial score (nSPS) is 18.8. The number of anilines is 1. The maximum absolute atomic E-state index is 12.5. The first kappa shape index (κ1) is 18.1. The Bertz CT molecular complexity index is 691. The summed E-state index contributed by atoms with van der Waals surface area (Å²) in [6, 6.07) is 5.02. The summed E-state index contributed by atoms with van der Waals surface area (Å²) in [5.74, 6) is 0.284. The molecule has 0 spiro atoms. The van der Waals surface area contributed by atoms with Gasteiger partial charge in [-0.05, 0) is 43.4 Å². The monoisotopic (exact) mass is 358 g/mol. The standard InChI is InChI=1S/C16H23ClN2O3S/c1-12-5-4-8-18(10-12)16(20)11-19(23(3,21)22)14-7-6-13(2)15(17)9-14/h6-7,9,12H,4-5,8,10-11H2,1-3H3. The Morgan fingerprint density at radius 3 is 2.70 bits per heavy atom. The molecule has 0 saturated carbocycles. The zero-order valence-electron chi connectivity index (χ0n) is 13.8. The Hall–Kier alpha value is -1.27. The predicted octanol–water partition coefficient (Wildman–Crippen LogP) is 2.67. The lowest BCUT2D eigenvalue weighted by molar-refractivity contribution is -0.131. The number of aryl methyl sites for hydroxylation is 1. The maximum Gasteiger partial charge on any atom is 0.243 e. The van der Waals surface area contributed by atoms with E-state index in [1.807, 2.05) is 6.92 Å². The summed E-state index contributed by atoms with van der Waals surface area (Å²) >= 11 is 6.10. The molecule has 1 saturated heterocycles. The molecule has 0 aliphatic carbocycles. The highest BCUT2D eigenvalue weighted by Gasteiger charge is 2.26. The average Bonchev–Trinajstić information content (AvgIpc) is 2.46. The van der Waals surface area contributed by atoms with Crippen molar-refractivity contribution in [1.29, 1.82) is 0 Å². The first-order valence-corrected chi connectivity index (χ1v) is 9.92. The number of hydrogen-bond donors (Lipinski definition) is 0. The van der Waals surface area contributed by atoms with Gasteiger partial charge in [0.25, 0.3) is 0 Å². The number of sulfonamides is 1. The quantitative estimate of drug-likeness (QED) is 0.831. The van der Waals surface area contributed by atoms with Crippen molar-refractivity contribution in [2.75, 3.05) is 30.2 Å². The third kappa shape index (κ3) is 4.61. The van der Waals surface area contributed by atoms with Crippen molar-refractivity contribution in [1.82, 2.24) is 4.90 Å². The topological polar surface area (TPSA) is 57.7 Å². The van der Waals surface area contributed by atoms with Crippen LogP contribution in [-0.2, 0) is 14.8 Å². The summed E-state index contributed by atoms with van der Waals surface area (Å²) in [7, 11) is -3.57. The van der Waals surface area contributed by atoms with Gasteiger partial charge in [-0.3, -0.25) is 9.10 Å². The van der Waals surface area contributed by atoms with Gasteiger partial charge in [0.15, 0.2) is 0 Å². The maximum atomic E-state index is 12.5. The second kappa shape index (κ2) is 7.09. The van der Waals surface area contributed by atoms with E-state index in [4.69, 9.17) is 11.6 Å². The highest BCUT2D eigenvalue weighted by Crippen LogP contribution is 2.25. The molecule has 0 radical (unpaired) electrons. The number of likely N-dealkylation sites (tertiary alicyclic amines) is 1. The van der Waals surface area contributed by atoms with Crippen molar-refractivity contribution < 1.29 is 13.2 Å². The molecule has 1 heterocycles. The van der Waals surface area contributed by atoms with Crippen molar-refractivity contribution >= 4 is 33.2 Å². The zero-order valence-corrected chi connectivity index (χ0v) is 15.3. The number of halogens is 1. The minimum absolute atomic E-state index is 0.168. The fourth-order valence-corrected chi connectivity index (χ4v) is 3.79. The fraction of sp³-hybridized carbons (Fsp3) is 0.562. The number of piperidine rings is 1. The van der Waals surface area contributed by atoms with E-state index in [2.05, 4.69) is 6.92 Å². The van der Waals surface area contributed by atoms with E-state index in [1.165, 1.54) is 0 Å². The molecule has 1 atom stereocenters. The van der Waals surface area contributed by atoms with Gasteiger partial charge in [0.2, 0.25) is 15.9 Å². The molecular weight excluding hydrogens is 336 g/mol. The van der Waals surface area contributed by atoms with Crippen LogP contribution < -0.4 is 4.31 Å². The first-order valence-electron chi connectivity index (χ1n) is 7.70. The number of benzene rings is 1. The molecule has 2 rings (SSSR count). The lowest BCUT2D eigenvalue weighted by Gasteiger charge is -2.33. The van der Waals surface area contributed by atoms with E-state index in [-0.39, 0.29) is 12.5 Å². The van der Waals surface area contributed by atoms with Crippen LogP contribution in [0.25, 0.3) is 0 Å². The Morgan fingerprint density at radius 2 is 2.13 bits per heavy atom. The van der Waals surface area contributed by atoms with Gasteiger partial charge in [-0.25, -0.2) is 8.42 Å². The van der Waals surface area contributed by atoms with Gasteiger partial charge in [0.1, 0.15) is 6.54 Å². The molecule has 7 heteroatoms. The number of amides is 1. The summed E-state index contributed by atoms with van der Waals surface area (Å²) < 4.78 is 25.4. The Kier molecular flexibility index (Phi) is 5.57. The molecule has 1 aromatic carbocycles. The molecule has 23 heavy (non-hydrogen) atoms. The van der Waals surface area contributed by atoms with E-state index < -0.39 is 10.0 Å². The van der Waals surface area contributed by atoms with Gasteiger partial charge < -0.3 is 4.90 Å². The number of nitrogens with zero attached hydrogens (tertiary/aromatic N) is 2. The molecule has 0 aromatic heterocycles. The average molecular weight is 359 g/mol. The molecule has 5 nitrogen and oxygen atoms in total. The minimum Gasteiger partial charge on any atom is -0.341 e. The van der Waals surface area contributed by atoms with E-state index in [1.54, 1.807) is 23.1 Å². The van der Waals surface area contributed by atoms with Crippen LogP contribution in [0, 0.1) is 12.8 Å². The summed E-state index contributed by atoms with van der Waals surface area (Å²) in [6.45, 7) is 5.14. The third-order valence-corrected chi connectivity index (χ3v) is 5.68. The van der Waals surface area contributed by atoms with Crippen LogP contribution >= 0.6 is 11.6 Å². The Labute approximate surface area is 143 Å². The molecule has 0 bridgehead atoms. The highest BCUT2D eigenvalue weighted by atomic mass is 35.5. The Morgan fingerprint density at radius 1 is 1.43 bits per heavy atom.